The van der Waals surface area contributed by atoms with Gasteiger partial charge in [0, 0.05) is 5.69 Å². The number of hydrogen-bond acceptors (Lipinski definition) is 4. The first kappa shape index (κ1) is 15.7. The zero-order valence-corrected chi connectivity index (χ0v) is 12.9. The lowest BCUT2D eigenvalue weighted by Gasteiger charge is -2.31. The molecule has 3 atom stereocenters. The molecule has 21 heavy (non-hydrogen) atoms. The van der Waals surface area contributed by atoms with Crippen LogP contribution < -0.4 is 10.5 Å². The van der Waals surface area contributed by atoms with Crippen molar-refractivity contribution in [2.75, 3.05) is 12.3 Å². The molecule has 1 aliphatic rings. The summed E-state index contributed by atoms with van der Waals surface area (Å²) in [6, 6.07) is 7.15. The minimum absolute atomic E-state index is 0.0835. The van der Waals surface area contributed by atoms with Gasteiger partial charge in [-0.2, -0.15) is 0 Å². The van der Waals surface area contributed by atoms with Crippen molar-refractivity contribution >= 4 is 11.7 Å². The number of carbonyl (C=O) groups excluding carboxylic acids is 1. The molecule has 4 heteroatoms. The van der Waals surface area contributed by atoms with E-state index in [0.717, 1.165) is 30.9 Å². The Morgan fingerprint density at radius 1 is 1.19 bits per heavy atom. The highest BCUT2D eigenvalue weighted by atomic mass is 16.5. The van der Waals surface area contributed by atoms with Gasteiger partial charge < -0.3 is 15.2 Å². The molecule has 3 unspecified atom stereocenters. The van der Waals surface area contributed by atoms with Gasteiger partial charge in [0.1, 0.15) is 11.9 Å². The molecule has 0 saturated heterocycles. The number of nitrogen functional groups attached to an aromatic ring is 1. The molecule has 0 aromatic heterocycles. The summed E-state index contributed by atoms with van der Waals surface area (Å²) >= 11 is 0. The van der Waals surface area contributed by atoms with Crippen molar-refractivity contribution in [1.82, 2.24) is 0 Å². The summed E-state index contributed by atoms with van der Waals surface area (Å²) in [5.74, 6) is 1.91. The number of esters is 1. The Morgan fingerprint density at radius 2 is 1.90 bits per heavy atom. The van der Waals surface area contributed by atoms with Crippen molar-refractivity contribution in [3.05, 3.63) is 24.3 Å². The second kappa shape index (κ2) is 7.34. The Kier molecular flexibility index (Phi) is 5.48. The molecule has 0 heterocycles. The second-order valence-corrected chi connectivity index (χ2v) is 6.05. The topological polar surface area (TPSA) is 61.5 Å². The van der Waals surface area contributed by atoms with Gasteiger partial charge in [0.25, 0.3) is 0 Å². The van der Waals surface area contributed by atoms with Gasteiger partial charge in [-0.05, 0) is 55.4 Å². The van der Waals surface area contributed by atoms with Crippen LogP contribution in [-0.2, 0) is 9.53 Å². The van der Waals surface area contributed by atoms with Gasteiger partial charge in [0.15, 0.2) is 0 Å². The molecule has 0 spiro atoms. The minimum atomic E-state index is -0.169. The first-order valence-electron chi connectivity index (χ1n) is 7.72. The van der Waals surface area contributed by atoms with Crippen LogP contribution in [0.3, 0.4) is 0 Å². The average Bonchev–Trinajstić information content (AvgIpc) is 2.45. The Labute approximate surface area is 126 Å². The number of hydrogen-bond donors (Lipinski definition) is 1. The fourth-order valence-electron chi connectivity index (χ4n) is 2.67. The van der Waals surface area contributed by atoms with E-state index in [2.05, 4.69) is 13.8 Å². The van der Waals surface area contributed by atoms with Crippen molar-refractivity contribution in [1.29, 1.82) is 0 Å². The fraction of sp³-hybridized carbons (Fsp3) is 0.588. The highest BCUT2D eigenvalue weighted by Gasteiger charge is 2.26. The number of nitrogens with two attached hydrogens (primary N) is 1. The molecule has 2 N–H and O–H groups in total. The molecule has 0 radical (unpaired) electrons. The molecule has 1 fully saturated rings. The average molecular weight is 291 g/mol. The van der Waals surface area contributed by atoms with Gasteiger partial charge >= 0.3 is 5.97 Å². The van der Waals surface area contributed by atoms with E-state index >= 15 is 0 Å². The van der Waals surface area contributed by atoms with Gasteiger partial charge in [0.05, 0.1) is 13.0 Å². The molecule has 1 aromatic rings. The van der Waals surface area contributed by atoms with E-state index in [1.807, 2.05) is 0 Å². The molecule has 0 amide bonds. The van der Waals surface area contributed by atoms with E-state index in [4.69, 9.17) is 15.2 Å². The van der Waals surface area contributed by atoms with E-state index in [-0.39, 0.29) is 18.5 Å². The minimum Gasteiger partial charge on any atom is -0.493 e. The summed E-state index contributed by atoms with van der Waals surface area (Å²) in [5.41, 5.74) is 6.30. The van der Waals surface area contributed by atoms with Crippen molar-refractivity contribution in [3.8, 4) is 5.75 Å². The van der Waals surface area contributed by atoms with Crippen LogP contribution in [-0.4, -0.2) is 18.7 Å². The van der Waals surface area contributed by atoms with Crippen molar-refractivity contribution in [3.63, 3.8) is 0 Å². The van der Waals surface area contributed by atoms with Crippen molar-refractivity contribution in [2.45, 2.75) is 45.6 Å². The molecule has 0 aliphatic heterocycles. The number of rotatable bonds is 5. The summed E-state index contributed by atoms with van der Waals surface area (Å²) in [4.78, 5) is 11.8. The fourth-order valence-corrected chi connectivity index (χ4v) is 2.67. The molecule has 1 aliphatic carbocycles. The highest BCUT2D eigenvalue weighted by Crippen LogP contribution is 2.31. The Bertz CT molecular complexity index is 458. The standard InChI is InChI=1S/C17H25NO3/c1-12-3-6-16(11-13(12)2)21-17(19)9-10-20-15-7-4-14(18)5-8-15/h4-5,7-8,12-13,16H,3,6,9-11,18H2,1-2H3. The Balaban J connectivity index is 1.67. The number of benzene rings is 1. The molecule has 4 nitrogen and oxygen atoms in total. The molecular formula is C17H25NO3. The molecule has 0 bridgehead atoms. The lowest BCUT2D eigenvalue weighted by atomic mass is 9.80. The summed E-state index contributed by atoms with van der Waals surface area (Å²) < 4.78 is 11.0. The van der Waals surface area contributed by atoms with E-state index in [1.165, 1.54) is 0 Å². The van der Waals surface area contributed by atoms with Crippen LogP contribution >= 0.6 is 0 Å². The first-order chi connectivity index (χ1) is 10.0. The molecule has 2 rings (SSSR count). The quantitative estimate of drug-likeness (QED) is 0.667. The number of ether oxygens (including phenoxy) is 2. The lowest BCUT2D eigenvalue weighted by Crippen LogP contribution is -2.29. The van der Waals surface area contributed by atoms with Gasteiger partial charge in [-0.15, -0.1) is 0 Å². The van der Waals surface area contributed by atoms with Crippen LogP contribution in [0.4, 0.5) is 5.69 Å². The van der Waals surface area contributed by atoms with Gasteiger partial charge in [-0.1, -0.05) is 13.8 Å². The summed E-state index contributed by atoms with van der Waals surface area (Å²) in [6.45, 7) is 4.83. The zero-order valence-electron chi connectivity index (χ0n) is 12.9. The Hall–Kier alpha value is -1.71. The summed E-state index contributed by atoms with van der Waals surface area (Å²) in [5, 5.41) is 0. The predicted molar refractivity (Wildman–Crippen MR) is 83.0 cm³/mol. The largest absolute Gasteiger partial charge is 0.493 e. The van der Waals surface area contributed by atoms with E-state index in [1.54, 1.807) is 24.3 Å². The SMILES string of the molecule is CC1CCC(OC(=O)CCOc2ccc(N)cc2)CC1C. The maximum absolute atomic E-state index is 11.8. The van der Waals surface area contributed by atoms with Crippen LogP contribution in [0, 0.1) is 11.8 Å². The zero-order chi connectivity index (χ0) is 15.2. The third-order valence-electron chi connectivity index (χ3n) is 4.30. The van der Waals surface area contributed by atoms with Crippen LogP contribution in [0.5, 0.6) is 5.75 Å². The Morgan fingerprint density at radius 3 is 2.57 bits per heavy atom. The predicted octanol–water partition coefficient (Wildman–Crippen LogP) is 3.41. The van der Waals surface area contributed by atoms with Crippen LogP contribution in [0.25, 0.3) is 0 Å². The first-order valence-corrected chi connectivity index (χ1v) is 7.72. The highest BCUT2D eigenvalue weighted by molar-refractivity contribution is 5.69. The monoisotopic (exact) mass is 291 g/mol. The third kappa shape index (κ3) is 4.96. The third-order valence-corrected chi connectivity index (χ3v) is 4.30. The van der Waals surface area contributed by atoms with Gasteiger partial charge in [-0.3, -0.25) is 4.79 Å². The maximum atomic E-state index is 11.8. The molecule has 116 valence electrons. The van der Waals surface area contributed by atoms with Crippen LogP contribution in [0.2, 0.25) is 0 Å². The smallest absolute Gasteiger partial charge is 0.309 e. The van der Waals surface area contributed by atoms with E-state index < -0.39 is 0 Å². The van der Waals surface area contributed by atoms with Crippen LogP contribution in [0.1, 0.15) is 39.5 Å². The van der Waals surface area contributed by atoms with E-state index in [9.17, 15) is 4.79 Å². The van der Waals surface area contributed by atoms with Crippen molar-refractivity contribution in [2.24, 2.45) is 11.8 Å². The molecule has 1 aromatic carbocycles. The summed E-state index contributed by atoms with van der Waals surface area (Å²) in [7, 11) is 0. The van der Waals surface area contributed by atoms with Crippen molar-refractivity contribution < 1.29 is 14.3 Å². The van der Waals surface area contributed by atoms with E-state index in [0.29, 0.717) is 18.2 Å². The normalized spacial score (nSPS) is 25.3. The number of anilines is 1. The number of carbonyl (C=O) groups is 1. The van der Waals surface area contributed by atoms with Crippen LogP contribution in [0.15, 0.2) is 24.3 Å². The maximum Gasteiger partial charge on any atom is 0.309 e. The van der Waals surface area contributed by atoms with Gasteiger partial charge in [0.2, 0.25) is 0 Å². The molecule has 1 saturated carbocycles. The molecular weight excluding hydrogens is 266 g/mol. The second-order valence-electron chi connectivity index (χ2n) is 6.05. The summed E-state index contributed by atoms with van der Waals surface area (Å²) in [6.07, 6.45) is 3.47. The lowest BCUT2D eigenvalue weighted by molar-refractivity contribution is -0.152. The van der Waals surface area contributed by atoms with Gasteiger partial charge in [-0.25, -0.2) is 0 Å².